The summed E-state index contributed by atoms with van der Waals surface area (Å²) in [5, 5.41) is 0.512. The van der Waals surface area contributed by atoms with Gasteiger partial charge in [0.1, 0.15) is 10.2 Å². The van der Waals surface area contributed by atoms with Crippen molar-refractivity contribution < 1.29 is 9.53 Å². The van der Waals surface area contributed by atoms with Gasteiger partial charge in [-0.1, -0.05) is 24.8 Å². The molecule has 5 nitrogen and oxygen atoms in total. The number of ether oxygens (including phenoxy) is 1. The molecule has 0 saturated carbocycles. The van der Waals surface area contributed by atoms with Crippen LogP contribution in [0.1, 0.15) is 51.8 Å². The summed E-state index contributed by atoms with van der Waals surface area (Å²) in [6, 6.07) is 2.94. The summed E-state index contributed by atoms with van der Waals surface area (Å²) in [5.41, 5.74) is 0.692. The Bertz CT molecular complexity index is 758. The summed E-state index contributed by atoms with van der Waals surface area (Å²) < 4.78 is 6.36. The van der Waals surface area contributed by atoms with Crippen LogP contribution < -0.4 is 0 Å². The molecule has 1 aromatic heterocycles. The third kappa shape index (κ3) is 5.42. The van der Waals surface area contributed by atoms with Crippen LogP contribution in [0.25, 0.3) is 0 Å². The number of aromatic nitrogens is 1. The summed E-state index contributed by atoms with van der Waals surface area (Å²) in [5.74, 6) is 0. The van der Waals surface area contributed by atoms with Crippen LogP contribution in [0.2, 0.25) is 5.02 Å². The van der Waals surface area contributed by atoms with Gasteiger partial charge < -0.3 is 4.74 Å². The van der Waals surface area contributed by atoms with Crippen LogP contribution >= 0.6 is 27.5 Å². The molecule has 0 spiro atoms. The highest BCUT2D eigenvalue weighted by Crippen LogP contribution is 2.38. The van der Waals surface area contributed by atoms with Crippen molar-refractivity contribution in [2.75, 3.05) is 0 Å². The summed E-state index contributed by atoms with van der Waals surface area (Å²) in [6.07, 6.45) is 5.06. The van der Waals surface area contributed by atoms with E-state index in [9.17, 15) is 4.79 Å². The van der Waals surface area contributed by atoms with E-state index in [4.69, 9.17) is 16.3 Å². The molecule has 0 aliphatic carbocycles. The van der Waals surface area contributed by atoms with Crippen LogP contribution in [-0.4, -0.2) is 33.3 Å². The number of carbonyl (C=O) groups excluding carboxylic acids is 1. The fourth-order valence-electron chi connectivity index (χ4n) is 3.17. The number of hydrogen-bond donors (Lipinski definition) is 0. The lowest BCUT2D eigenvalue weighted by molar-refractivity contribution is 0.00246. The molecule has 1 aliphatic heterocycles. The van der Waals surface area contributed by atoms with E-state index >= 15 is 0 Å². The number of halogens is 2. The highest BCUT2D eigenvalue weighted by Gasteiger charge is 2.40. The number of pyridine rings is 1. The minimum Gasteiger partial charge on any atom is -0.444 e. The Morgan fingerprint density at radius 1 is 1.41 bits per heavy atom. The average molecular weight is 455 g/mol. The third-order valence-electron chi connectivity index (χ3n) is 4.18. The van der Waals surface area contributed by atoms with Crippen LogP contribution in [0.4, 0.5) is 4.79 Å². The number of rotatable bonds is 4. The van der Waals surface area contributed by atoms with Crippen LogP contribution in [0.5, 0.6) is 0 Å². The van der Waals surface area contributed by atoms with Gasteiger partial charge in [-0.3, -0.25) is 9.89 Å². The first kappa shape index (κ1) is 21.6. The molecular weight excluding hydrogens is 430 g/mol. The molecule has 1 amide bonds. The fraction of sp³-hybridized carbons (Fsp3) is 0.450. The highest BCUT2D eigenvalue weighted by atomic mass is 79.9. The van der Waals surface area contributed by atoms with Gasteiger partial charge in [-0.2, -0.15) is 0 Å². The van der Waals surface area contributed by atoms with Crippen LogP contribution in [0.3, 0.4) is 0 Å². The number of hydrogen-bond acceptors (Lipinski definition) is 4. The topological polar surface area (TPSA) is 54.8 Å². The number of nitrogens with zero attached hydrogens (tertiary/aromatic N) is 3. The largest absolute Gasteiger partial charge is 0.444 e. The van der Waals surface area contributed by atoms with Gasteiger partial charge in [0.05, 0.1) is 28.5 Å². The summed E-state index contributed by atoms with van der Waals surface area (Å²) >= 11 is 9.82. The molecule has 2 heterocycles. The van der Waals surface area contributed by atoms with Gasteiger partial charge in [0.2, 0.25) is 0 Å². The minimum atomic E-state index is -0.623. The molecule has 1 fully saturated rings. The van der Waals surface area contributed by atoms with Crippen molar-refractivity contribution in [3.05, 3.63) is 52.9 Å². The first-order chi connectivity index (χ1) is 12.7. The van der Waals surface area contributed by atoms with Gasteiger partial charge in [0.15, 0.2) is 0 Å². The smallest absolute Gasteiger partial charge is 0.411 e. The zero-order valence-electron chi connectivity index (χ0n) is 15.9. The molecular formula is C20H25BrClN3O2. The van der Waals surface area contributed by atoms with Gasteiger partial charge in [-0.05, 0) is 74.2 Å². The number of aliphatic imine (C=N–C) groups is 1. The molecule has 1 aromatic rings. The van der Waals surface area contributed by atoms with Crippen molar-refractivity contribution in [3.63, 3.8) is 0 Å². The lowest BCUT2D eigenvalue weighted by Crippen LogP contribution is -2.51. The first-order valence-corrected chi connectivity index (χ1v) is 9.99. The number of carbonyl (C=O) groups is 1. The van der Waals surface area contributed by atoms with Crippen molar-refractivity contribution >= 4 is 39.3 Å². The van der Waals surface area contributed by atoms with Crippen LogP contribution in [0.15, 0.2) is 47.2 Å². The average Bonchev–Trinajstić information content (AvgIpc) is 2.59. The molecule has 0 N–H and O–H groups in total. The van der Waals surface area contributed by atoms with Gasteiger partial charge in [0.25, 0.3) is 0 Å². The maximum Gasteiger partial charge on any atom is 0.411 e. The van der Waals surface area contributed by atoms with E-state index in [1.54, 1.807) is 23.1 Å². The molecule has 146 valence electrons. The Morgan fingerprint density at radius 2 is 2.11 bits per heavy atom. The number of piperidine rings is 1. The van der Waals surface area contributed by atoms with E-state index in [0.717, 1.165) is 19.3 Å². The molecule has 2 rings (SSSR count). The number of amides is 1. The normalized spacial score (nSPS) is 20.9. The van der Waals surface area contributed by atoms with Crippen LogP contribution in [0, 0.1) is 0 Å². The fourth-order valence-corrected chi connectivity index (χ4v) is 3.73. The van der Waals surface area contributed by atoms with E-state index in [2.05, 4.69) is 39.1 Å². The molecule has 7 heteroatoms. The Labute approximate surface area is 174 Å². The Kier molecular flexibility index (Phi) is 7.23. The molecule has 0 bridgehead atoms. The zero-order valence-corrected chi connectivity index (χ0v) is 18.3. The van der Waals surface area contributed by atoms with E-state index in [-0.39, 0.29) is 12.1 Å². The highest BCUT2D eigenvalue weighted by molar-refractivity contribution is 9.10. The van der Waals surface area contributed by atoms with E-state index < -0.39 is 11.7 Å². The van der Waals surface area contributed by atoms with Crippen molar-refractivity contribution in [1.29, 1.82) is 0 Å². The monoisotopic (exact) mass is 453 g/mol. The standard InChI is InChI=1S/C20H25BrClN3O2/c1-6-14(23-7-2)15-9-8-10-16(18-13(22)11-12-17(21)24-18)25(15)19(26)27-20(3,4)5/h6-7,11-12,15-16H,1-2,8-10H2,3-5H3. The molecule has 1 aliphatic rings. The Hall–Kier alpha value is -1.66. The summed E-state index contributed by atoms with van der Waals surface area (Å²) in [6.45, 7) is 13.0. The van der Waals surface area contributed by atoms with Crippen molar-refractivity contribution in [1.82, 2.24) is 9.88 Å². The van der Waals surface area contributed by atoms with Crippen LogP contribution in [-0.2, 0) is 4.74 Å². The zero-order chi connectivity index (χ0) is 20.2. The molecule has 0 radical (unpaired) electrons. The van der Waals surface area contributed by atoms with Gasteiger partial charge in [-0.25, -0.2) is 9.78 Å². The molecule has 27 heavy (non-hydrogen) atoms. The van der Waals surface area contributed by atoms with Crippen molar-refractivity contribution in [2.45, 2.75) is 57.7 Å². The molecule has 2 unspecified atom stereocenters. The van der Waals surface area contributed by atoms with E-state index in [0.29, 0.717) is 21.0 Å². The first-order valence-electron chi connectivity index (χ1n) is 8.82. The summed E-state index contributed by atoms with van der Waals surface area (Å²) in [4.78, 5) is 23.7. The molecule has 0 aromatic carbocycles. The Balaban J connectivity index is 2.54. The quantitative estimate of drug-likeness (QED) is 0.408. The second-order valence-corrected chi connectivity index (χ2v) is 8.51. The molecule has 2 atom stereocenters. The summed E-state index contributed by atoms with van der Waals surface area (Å²) in [7, 11) is 0. The number of likely N-dealkylation sites (tertiary alicyclic amines) is 1. The maximum absolute atomic E-state index is 13.1. The predicted molar refractivity (Wildman–Crippen MR) is 113 cm³/mol. The van der Waals surface area contributed by atoms with E-state index in [1.165, 1.54) is 6.20 Å². The van der Waals surface area contributed by atoms with Gasteiger partial charge >= 0.3 is 6.09 Å². The minimum absolute atomic E-state index is 0.286. The maximum atomic E-state index is 13.1. The third-order valence-corrected chi connectivity index (χ3v) is 4.94. The second kappa shape index (κ2) is 9.02. The lowest BCUT2D eigenvalue weighted by Gasteiger charge is -2.42. The molecule has 1 saturated heterocycles. The van der Waals surface area contributed by atoms with E-state index in [1.807, 2.05) is 20.8 Å². The van der Waals surface area contributed by atoms with Crippen molar-refractivity contribution in [2.24, 2.45) is 4.99 Å². The van der Waals surface area contributed by atoms with Crippen molar-refractivity contribution in [3.8, 4) is 0 Å². The predicted octanol–water partition coefficient (Wildman–Crippen LogP) is 6.10. The lowest BCUT2D eigenvalue weighted by atomic mass is 9.91. The Morgan fingerprint density at radius 3 is 2.70 bits per heavy atom. The second-order valence-electron chi connectivity index (χ2n) is 7.29. The van der Waals surface area contributed by atoms with Gasteiger partial charge in [-0.15, -0.1) is 0 Å². The van der Waals surface area contributed by atoms with Gasteiger partial charge in [0, 0.05) is 6.20 Å². The SMILES string of the molecule is C=CN=C(C=C)C1CCCC(c2nc(Br)ccc2Cl)N1C(=O)OC(C)(C)C.